The lowest BCUT2D eigenvalue weighted by molar-refractivity contribution is 0.359. The number of hydrogen-bond donors (Lipinski definition) is 1. The number of phenols is 1. The van der Waals surface area contributed by atoms with Crippen molar-refractivity contribution in [2.24, 2.45) is 0 Å². The Labute approximate surface area is 96.9 Å². The molecule has 1 rings (SSSR count). The van der Waals surface area contributed by atoms with Crippen molar-refractivity contribution < 1.29 is 14.2 Å². The van der Waals surface area contributed by atoms with Crippen LogP contribution in [0.3, 0.4) is 0 Å². The summed E-state index contributed by atoms with van der Waals surface area (Å²) in [6.45, 7) is 1.70. The highest BCUT2D eigenvalue weighted by Crippen LogP contribution is 2.31. The second-order valence-corrected chi connectivity index (χ2v) is 3.64. The van der Waals surface area contributed by atoms with Gasteiger partial charge < -0.3 is 9.84 Å². The maximum absolute atomic E-state index is 12.1. The molecule has 1 aromatic rings. The van der Waals surface area contributed by atoms with Crippen LogP contribution in [0.25, 0.3) is 0 Å². The van der Waals surface area contributed by atoms with E-state index in [1.54, 1.807) is 13.0 Å². The van der Waals surface area contributed by atoms with Crippen molar-refractivity contribution in [2.75, 3.05) is 6.61 Å². The third-order valence-corrected chi connectivity index (χ3v) is 2.16. The molecule has 1 N–H and O–H groups in total. The van der Waals surface area contributed by atoms with Crippen molar-refractivity contribution in [1.29, 1.82) is 0 Å². The fraction of sp³-hybridized carbons (Fsp3) is 0.200. The summed E-state index contributed by atoms with van der Waals surface area (Å²) < 4.78 is 17.2. The van der Waals surface area contributed by atoms with Gasteiger partial charge in [0.1, 0.15) is 18.1 Å². The zero-order valence-electron chi connectivity index (χ0n) is 7.93. The van der Waals surface area contributed by atoms with Crippen LogP contribution in [0.2, 0.25) is 5.02 Å². The Morgan fingerprint density at radius 1 is 1.60 bits per heavy atom. The molecule has 0 spiro atoms. The van der Waals surface area contributed by atoms with Crippen molar-refractivity contribution in [3.05, 3.63) is 34.1 Å². The lowest BCUT2D eigenvalue weighted by Gasteiger charge is -2.07. The molecule has 0 fully saturated rings. The normalized spacial score (nSPS) is 11.6. The van der Waals surface area contributed by atoms with Crippen molar-refractivity contribution in [3.63, 3.8) is 0 Å². The van der Waals surface area contributed by atoms with Crippen LogP contribution in [0.15, 0.2) is 23.5 Å². The molecule has 0 heterocycles. The molecule has 0 radical (unpaired) electrons. The number of phenolic OH excluding ortho intramolecular Hbond substituents is 1. The summed E-state index contributed by atoms with van der Waals surface area (Å²) in [6.07, 6.45) is 1.08. The van der Waals surface area contributed by atoms with Gasteiger partial charge >= 0.3 is 0 Å². The van der Waals surface area contributed by atoms with Crippen LogP contribution in [0.4, 0.5) is 4.39 Å². The SMILES string of the molecule is Cc1cc(OC/C=C(/F)Cl)cc(Cl)c1O. The van der Waals surface area contributed by atoms with Gasteiger partial charge in [-0.25, -0.2) is 0 Å². The minimum absolute atomic E-state index is 0.00980. The number of rotatable bonds is 3. The van der Waals surface area contributed by atoms with E-state index in [1.807, 2.05) is 0 Å². The molecule has 0 saturated carbocycles. The maximum atomic E-state index is 12.1. The van der Waals surface area contributed by atoms with Crippen LogP contribution in [-0.4, -0.2) is 11.7 Å². The van der Waals surface area contributed by atoms with Crippen molar-refractivity contribution in [2.45, 2.75) is 6.92 Å². The number of halogens is 3. The summed E-state index contributed by atoms with van der Waals surface area (Å²) in [4.78, 5) is 0. The number of ether oxygens (including phenoxy) is 1. The predicted octanol–water partition coefficient (Wildman–Crippen LogP) is 3.78. The van der Waals surface area contributed by atoms with E-state index in [1.165, 1.54) is 6.07 Å². The highest BCUT2D eigenvalue weighted by atomic mass is 35.5. The fourth-order valence-corrected chi connectivity index (χ4v) is 1.31. The van der Waals surface area contributed by atoms with Gasteiger partial charge in [0.2, 0.25) is 0 Å². The number of hydrogen-bond acceptors (Lipinski definition) is 2. The first-order chi connectivity index (χ1) is 7.00. The Morgan fingerprint density at radius 2 is 2.27 bits per heavy atom. The standard InChI is InChI=1S/C10H9Cl2FO2/c1-6-4-7(5-8(11)10(6)14)15-3-2-9(12)13/h2,4-5,14H,3H2,1H3/b9-2+. The van der Waals surface area contributed by atoms with Crippen LogP contribution < -0.4 is 4.74 Å². The summed E-state index contributed by atoms with van der Waals surface area (Å²) in [5, 5.41) is 8.74. The van der Waals surface area contributed by atoms with Crippen molar-refractivity contribution in [1.82, 2.24) is 0 Å². The third kappa shape index (κ3) is 3.61. The molecular formula is C10H9Cl2FO2. The molecule has 0 aliphatic carbocycles. The molecule has 0 aliphatic rings. The predicted molar refractivity (Wildman–Crippen MR) is 58.4 cm³/mol. The molecule has 0 atom stereocenters. The highest BCUT2D eigenvalue weighted by Gasteiger charge is 2.05. The Balaban J connectivity index is 2.75. The van der Waals surface area contributed by atoms with E-state index in [0.29, 0.717) is 11.3 Å². The Morgan fingerprint density at radius 3 is 2.80 bits per heavy atom. The number of aryl methyl sites for hydroxylation is 1. The molecule has 0 aromatic heterocycles. The molecule has 15 heavy (non-hydrogen) atoms. The van der Waals surface area contributed by atoms with Gasteiger partial charge in [-0.2, -0.15) is 4.39 Å². The Kier molecular flexibility index (Phi) is 4.24. The number of benzene rings is 1. The molecule has 2 nitrogen and oxygen atoms in total. The van der Waals surface area contributed by atoms with E-state index in [-0.39, 0.29) is 17.4 Å². The summed E-state index contributed by atoms with van der Waals surface area (Å²) in [7, 11) is 0. The Bertz CT molecular complexity index is 364. The lowest BCUT2D eigenvalue weighted by Crippen LogP contribution is -1.94. The Hall–Kier alpha value is -0.930. The molecule has 0 amide bonds. The monoisotopic (exact) mass is 250 g/mol. The summed E-state index contributed by atoms with van der Waals surface area (Å²) in [5.41, 5.74) is 0.591. The quantitative estimate of drug-likeness (QED) is 0.885. The zero-order chi connectivity index (χ0) is 11.4. The van der Waals surface area contributed by atoms with Gasteiger partial charge in [0, 0.05) is 12.1 Å². The summed E-state index contributed by atoms with van der Waals surface area (Å²) in [5.74, 6) is 0.465. The first-order valence-corrected chi connectivity index (χ1v) is 4.89. The van der Waals surface area contributed by atoms with Gasteiger partial charge in [-0.1, -0.05) is 23.2 Å². The minimum Gasteiger partial charge on any atom is -0.506 e. The molecule has 0 saturated heterocycles. The maximum Gasteiger partial charge on any atom is 0.188 e. The van der Waals surface area contributed by atoms with E-state index < -0.39 is 5.29 Å². The number of aromatic hydroxyl groups is 1. The third-order valence-electron chi connectivity index (χ3n) is 1.72. The highest BCUT2D eigenvalue weighted by molar-refractivity contribution is 6.32. The van der Waals surface area contributed by atoms with Gasteiger partial charge in [-0.05, 0) is 18.6 Å². The van der Waals surface area contributed by atoms with Gasteiger partial charge in [0.25, 0.3) is 0 Å². The van der Waals surface area contributed by atoms with Gasteiger partial charge in [-0.3, -0.25) is 0 Å². The van der Waals surface area contributed by atoms with Gasteiger partial charge in [0.15, 0.2) is 5.29 Å². The minimum atomic E-state index is -0.823. The summed E-state index contributed by atoms with van der Waals surface area (Å²) >= 11 is 10.7. The second kappa shape index (κ2) is 5.24. The zero-order valence-corrected chi connectivity index (χ0v) is 9.44. The topological polar surface area (TPSA) is 29.5 Å². The molecule has 0 aliphatic heterocycles. The van der Waals surface area contributed by atoms with Crippen LogP contribution in [-0.2, 0) is 0 Å². The second-order valence-electron chi connectivity index (χ2n) is 2.88. The van der Waals surface area contributed by atoms with E-state index in [9.17, 15) is 9.50 Å². The van der Waals surface area contributed by atoms with E-state index in [0.717, 1.165) is 6.08 Å². The summed E-state index contributed by atoms with van der Waals surface area (Å²) in [6, 6.07) is 3.05. The fourth-order valence-electron chi connectivity index (χ4n) is 0.989. The van der Waals surface area contributed by atoms with Crippen molar-refractivity contribution >= 4 is 23.2 Å². The largest absolute Gasteiger partial charge is 0.506 e. The van der Waals surface area contributed by atoms with Gasteiger partial charge in [-0.15, -0.1) is 0 Å². The molecule has 1 aromatic carbocycles. The van der Waals surface area contributed by atoms with Gasteiger partial charge in [0.05, 0.1) is 5.02 Å². The lowest BCUT2D eigenvalue weighted by atomic mass is 10.2. The molecular weight excluding hydrogens is 242 g/mol. The average Bonchev–Trinajstić information content (AvgIpc) is 2.13. The van der Waals surface area contributed by atoms with Crippen LogP contribution in [0.5, 0.6) is 11.5 Å². The van der Waals surface area contributed by atoms with Crippen LogP contribution in [0, 0.1) is 6.92 Å². The first kappa shape index (κ1) is 12.1. The van der Waals surface area contributed by atoms with Crippen molar-refractivity contribution in [3.8, 4) is 11.5 Å². The van der Waals surface area contributed by atoms with E-state index in [4.69, 9.17) is 27.9 Å². The molecule has 82 valence electrons. The molecule has 0 unspecified atom stereocenters. The van der Waals surface area contributed by atoms with Crippen LogP contribution in [0.1, 0.15) is 5.56 Å². The molecule has 5 heteroatoms. The average molecular weight is 251 g/mol. The van der Waals surface area contributed by atoms with E-state index in [2.05, 4.69) is 0 Å². The smallest absolute Gasteiger partial charge is 0.188 e. The first-order valence-electron chi connectivity index (χ1n) is 4.13. The van der Waals surface area contributed by atoms with Crippen LogP contribution >= 0.6 is 23.2 Å². The molecule has 0 bridgehead atoms. The van der Waals surface area contributed by atoms with E-state index >= 15 is 0 Å².